The lowest BCUT2D eigenvalue weighted by molar-refractivity contribution is -0.388. The van der Waals surface area contributed by atoms with Gasteiger partial charge in [0.05, 0.1) is 10.5 Å². The highest BCUT2D eigenvalue weighted by atomic mass is 35.7. The van der Waals surface area contributed by atoms with Gasteiger partial charge in [-0.15, -0.1) is 0 Å². The molecule has 0 unspecified atom stereocenters. The van der Waals surface area contributed by atoms with Gasteiger partial charge in [0.25, 0.3) is 9.05 Å². The van der Waals surface area contributed by atoms with Crippen molar-refractivity contribution >= 4 is 25.4 Å². The Bertz CT molecular complexity index is 1030. The van der Waals surface area contributed by atoms with E-state index in [0.29, 0.717) is 12.0 Å². The van der Waals surface area contributed by atoms with Gasteiger partial charge in [0, 0.05) is 16.2 Å². The van der Waals surface area contributed by atoms with Crippen molar-refractivity contribution in [2.75, 3.05) is 0 Å². The highest BCUT2D eigenvalue weighted by Gasteiger charge is 2.36. The van der Waals surface area contributed by atoms with E-state index in [2.05, 4.69) is 0 Å². The third-order valence-electron chi connectivity index (χ3n) is 4.55. The summed E-state index contributed by atoms with van der Waals surface area (Å²) in [4.78, 5) is 9.98. The molecule has 0 aliphatic heterocycles. The maximum atomic E-state index is 12.8. The van der Waals surface area contributed by atoms with Gasteiger partial charge in [-0.1, -0.05) is 26.8 Å². The fourth-order valence-corrected chi connectivity index (χ4v) is 3.58. The standard InChI is InChI=1S/C18H17ClF3NO5S/c1-4-17(2,3)13-9-10-14(29(19,26)27)15(23(24)25)16(13)28-12-7-5-11(6-8-12)18(20,21)22/h5-10H,4H2,1-3H3. The van der Waals surface area contributed by atoms with Gasteiger partial charge in [0.1, 0.15) is 5.75 Å². The van der Waals surface area contributed by atoms with Crippen LogP contribution >= 0.6 is 10.7 Å². The Morgan fingerprint density at radius 2 is 1.66 bits per heavy atom. The number of nitro benzene ring substituents is 1. The van der Waals surface area contributed by atoms with Crippen molar-refractivity contribution in [2.45, 2.75) is 43.7 Å². The van der Waals surface area contributed by atoms with Crippen molar-refractivity contribution in [3.8, 4) is 11.5 Å². The lowest BCUT2D eigenvalue weighted by Crippen LogP contribution is -2.18. The molecule has 158 valence electrons. The van der Waals surface area contributed by atoms with E-state index in [1.54, 1.807) is 13.8 Å². The van der Waals surface area contributed by atoms with Gasteiger partial charge in [-0.25, -0.2) is 8.42 Å². The molecule has 0 bridgehead atoms. The first kappa shape index (κ1) is 23.0. The summed E-state index contributed by atoms with van der Waals surface area (Å²) >= 11 is 0. The number of hydrogen-bond acceptors (Lipinski definition) is 5. The van der Waals surface area contributed by atoms with Crippen LogP contribution in [0.5, 0.6) is 11.5 Å². The van der Waals surface area contributed by atoms with Gasteiger partial charge in [0.15, 0.2) is 4.90 Å². The number of alkyl halides is 3. The first-order valence-electron chi connectivity index (χ1n) is 8.30. The molecule has 6 nitrogen and oxygen atoms in total. The number of hydrogen-bond donors (Lipinski definition) is 0. The summed E-state index contributed by atoms with van der Waals surface area (Å²) < 4.78 is 67.5. The third-order valence-corrected chi connectivity index (χ3v) is 5.91. The Morgan fingerprint density at radius 3 is 2.07 bits per heavy atom. The zero-order valence-corrected chi connectivity index (χ0v) is 17.2. The zero-order valence-electron chi connectivity index (χ0n) is 15.6. The first-order chi connectivity index (χ1) is 13.2. The predicted octanol–water partition coefficient (Wildman–Crippen LogP) is 6.02. The predicted molar refractivity (Wildman–Crippen MR) is 101 cm³/mol. The Labute approximate surface area is 169 Å². The van der Waals surface area contributed by atoms with E-state index >= 15 is 0 Å². The normalized spacial score (nSPS) is 12.7. The Morgan fingerprint density at radius 1 is 1.10 bits per heavy atom. The van der Waals surface area contributed by atoms with Crippen LogP contribution in [0.4, 0.5) is 18.9 Å². The second kappa shape index (κ2) is 7.83. The van der Waals surface area contributed by atoms with Crippen LogP contribution in [-0.4, -0.2) is 13.3 Å². The average Bonchev–Trinajstić information content (AvgIpc) is 2.59. The van der Waals surface area contributed by atoms with E-state index in [-0.39, 0.29) is 11.5 Å². The maximum Gasteiger partial charge on any atom is 0.416 e. The van der Waals surface area contributed by atoms with Gasteiger partial charge in [-0.3, -0.25) is 10.1 Å². The Balaban J connectivity index is 2.74. The number of ether oxygens (including phenoxy) is 1. The molecule has 0 aromatic heterocycles. The van der Waals surface area contributed by atoms with Crippen LogP contribution in [0.3, 0.4) is 0 Å². The lowest BCUT2D eigenvalue weighted by atomic mass is 9.81. The molecule has 0 saturated carbocycles. The average molecular weight is 452 g/mol. The molecule has 2 rings (SSSR count). The smallest absolute Gasteiger partial charge is 0.416 e. The molecule has 0 saturated heterocycles. The molecule has 0 aliphatic rings. The summed E-state index contributed by atoms with van der Waals surface area (Å²) in [6, 6.07) is 5.88. The number of halogens is 4. The SMILES string of the molecule is CCC(C)(C)c1ccc(S(=O)(=O)Cl)c([N+](=O)[O-])c1Oc1ccc(C(F)(F)F)cc1. The van der Waals surface area contributed by atoms with Gasteiger partial charge < -0.3 is 4.74 Å². The van der Waals surface area contributed by atoms with E-state index in [4.69, 9.17) is 15.4 Å². The number of benzene rings is 2. The molecule has 0 radical (unpaired) electrons. The van der Waals surface area contributed by atoms with Crippen molar-refractivity contribution in [2.24, 2.45) is 0 Å². The summed E-state index contributed by atoms with van der Waals surface area (Å²) in [5, 5.41) is 11.7. The van der Waals surface area contributed by atoms with Crippen molar-refractivity contribution in [1.29, 1.82) is 0 Å². The van der Waals surface area contributed by atoms with Crippen molar-refractivity contribution < 1.29 is 31.2 Å². The molecule has 2 aromatic carbocycles. The second-order valence-electron chi connectivity index (χ2n) is 6.85. The molecule has 0 heterocycles. The third kappa shape index (κ3) is 4.99. The second-order valence-corrected chi connectivity index (χ2v) is 9.38. The topological polar surface area (TPSA) is 86.5 Å². The van der Waals surface area contributed by atoms with E-state index < -0.39 is 41.7 Å². The minimum atomic E-state index is -4.56. The summed E-state index contributed by atoms with van der Waals surface area (Å²) in [5.41, 5.74) is -2.15. The van der Waals surface area contributed by atoms with E-state index in [1.165, 1.54) is 6.07 Å². The van der Waals surface area contributed by atoms with Crippen LogP contribution in [0, 0.1) is 10.1 Å². The summed E-state index contributed by atoms with van der Waals surface area (Å²) in [7, 11) is 0.855. The molecule has 11 heteroatoms. The van der Waals surface area contributed by atoms with E-state index in [9.17, 15) is 31.7 Å². The van der Waals surface area contributed by atoms with Gasteiger partial charge >= 0.3 is 11.9 Å². The van der Waals surface area contributed by atoms with Crippen molar-refractivity contribution in [1.82, 2.24) is 0 Å². The minimum absolute atomic E-state index is 0.127. The highest BCUT2D eigenvalue weighted by molar-refractivity contribution is 8.13. The monoisotopic (exact) mass is 451 g/mol. The quantitative estimate of drug-likeness (QED) is 0.304. The van der Waals surface area contributed by atoms with Crippen LogP contribution in [0.1, 0.15) is 38.3 Å². The maximum absolute atomic E-state index is 12.8. The van der Waals surface area contributed by atoms with Crippen LogP contribution in [0.25, 0.3) is 0 Å². The minimum Gasteiger partial charge on any atom is -0.450 e. The summed E-state index contributed by atoms with van der Waals surface area (Å²) in [6.07, 6.45) is -4.05. The van der Waals surface area contributed by atoms with Gasteiger partial charge in [-0.2, -0.15) is 13.2 Å². The number of rotatable bonds is 6. The largest absolute Gasteiger partial charge is 0.450 e. The summed E-state index contributed by atoms with van der Waals surface area (Å²) in [5.74, 6) is -0.512. The molecule has 0 spiro atoms. The Kier molecular flexibility index (Phi) is 6.20. The van der Waals surface area contributed by atoms with Crippen LogP contribution in [0.15, 0.2) is 41.3 Å². The summed E-state index contributed by atoms with van der Waals surface area (Å²) in [6.45, 7) is 5.35. The zero-order chi connectivity index (χ0) is 22.2. The van der Waals surface area contributed by atoms with Gasteiger partial charge in [-0.05, 0) is 42.2 Å². The fraction of sp³-hybridized carbons (Fsp3) is 0.333. The molecule has 2 aromatic rings. The van der Waals surface area contributed by atoms with Gasteiger partial charge in [0.2, 0.25) is 5.75 Å². The molecule has 0 atom stereocenters. The van der Waals surface area contributed by atoms with E-state index in [0.717, 1.165) is 30.3 Å². The number of nitrogens with zero attached hydrogens (tertiary/aromatic N) is 1. The van der Waals surface area contributed by atoms with Crippen LogP contribution < -0.4 is 4.74 Å². The molecule has 0 fully saturated rings. The molecule has 0 N–H and O–H groups in total. The Hall–Kier alpha value is -2.33. The van der Waals surface area contributed by atoms with Crippen LogP contribution in [-0.2, 0) is 20.6 Å². The molecule has 29 heavy (non-hydrogen) atoms. The molecule has 0 aliphatic carbocycles. The lowest BCUT2D eigenvalue weighted by Gasteiger charge is -2.26. The van der Waals surface area contributed by atoms with E-state index in [1.807, 2.05) is 6.92 Å². The molecular formula is C18H17ClF3NO5S. The van der Waals surface area contributed by atoms with Crippen molar-refractivity contribution in [3.63, 3.8) is 0 Å². The van der Waals surface area contributed by atoms with Crippen molar-refractivity contribution in [3.05, 3.63) is 57.6 Å². The molecular weight excluding hydrogens is 435 g/mol. The number of nitro groups is 1. The highest BCUT2D eigenvalue weighted by Crippen LogP contribution is 2.46. The first-order valence-corrected chi connectivity index (χ1v) is 10.6. The van der Waals surface area contributed by atoms with Crippen LogP contribution in [0.2, 0.25) is 0 Å². The fourth-order valence-electron chi connectivity index (χ4n) is 2.58. The molecule has 0 amide bonds.